The van der Waals surface area contributed by atoms with Gasteiger partial charge in [0.05, 0.1) is 6.54 Å². The van der Waals surface area contributed by atoms with Crippen LogP contribution in [-0.4, -0.2) is 21.4 Å². The van der Waals surface area contributed by atoms with Crippen LogP contribution in [0.25, 0.3) is 6.08 Å². The molecule has 0 unspecified atom stereocenters. The molecule has 112 valence electrons. The summed E-state index contributed by atoms with van der Waals surface area (Å²) in [5, 5.41) is 2.64. The molecule has 3 rings (SSSR count). The monoisotopic (exact) mass is 295 g/mol. The van der Waals surface area contributed by atoms with Gasteiger partial charge in [-0.25, -0.2) is 4.79 Å². The lowest BCUT2D eigenvalue weighted by Gasteiger charge is -2.11. The van der Waals surface area contributed by atoms with Crippen LogP contribution >= 0.6 is 0 Å². The van der Waals surface area contributed by atoms with E-state index in [1.807, 2.05) is 61.0 Å². The lowest BCUT2D eigenvalue weighted by Crippen LogP contribution is -2.30. The van der Waals surface area contributed by atoms with Gasteiger partial charge >= 0.3 is 6.03 Å². The molecule has 1 N–H and O–H groups in total. The lowest BCUT2D eigenvalue weighted by molar-refractivity contribution is -0.123. The molecule has 1 aliphatic rings. The average Bonchev–Trinajstić information content (AvgIpc) is 2.96. The Hall–Kier alpha value is -2.82. The smallest absolute Gasteiger partial charge is 0.329 e. The number of rotatable bonds is 3. The van der Waals surface area contributed by atoms with E-state index in [2.05, 4.69) is 5.32 Å². The molecule has 0 bridgehead atoms. The predicted molar refractivity (Wildman–Crippen MR) is 83.7 cm³/mol. The van der Waals surface area contributed by atoms with Crippen LogP contribution in [0.5, 0.6) is 0 Å². The molecular weight excluding hydrogens is 278 g/mol. The zero-order chi connectivity index (χ0) is 15.7. The first-order chi connectivity index (χ1) is 10.6. The molecule has 1 aromatic carbocycles. The average molecular weight is 295 g/mol. The number of urea groups is 1. The third kappa shape index (κ3) is 2.53. The number of carbonyl (C=O) groups excluding carboxylic acids is 2. The highest BCUT2D eigenvalue weighted by Crippen LogP contribution is 2.17. The number of aryl methyl sites for hydroxylation is 1. The molecule has 1 aliphatic heterocycles. The van der Waals surface area contributed by atoms with E-state index in [-0.39, 0.29) is 18.5 Å². The standard InChI is InChI=1S/C17H17N3O2/c1-12-8-9-14(19(12)2)10-15-16(21)20(17(22)18-15)11-13-6-4-3-5-7-13/h3-10H,11H2,1-2H3,(H,18,22)/b15-10-. The zero-order valence-corrected chi connectivity index (χ0v) is 12.5. The van der Waals surface area contributed by atoms with Crippen molar-refractivity contribution in [2.45, 2.75) is 13.5 Å². The van der Waals surface area contributed by atoms with Gasteiger partial charge in [-0.3, -0.25) is 9.69 Å². The minimum Gasteiger partial charge on any atom is -0.348 e. The van der Waals surface area contributed by atoms with Gasteiger partial charge < -0.3 is 9.88 Å². The van der Waals surface area contributed by atoms with Crippen molar-refractivity contribution < 1.29 is 9.59 Å². The highest BCUT2D eigenvalue weighted by atomic mass is 16.2. The van der Waals surface area contributed by atoms with Crippen molar-refractivity contribution in [3.8, 4) is 0 Å². The van der Waals surface area contributed by atoms with E-state index in [0.29, 0.717) is 5.70 Å². The number of carbonyl (C=O) groups is 2. The number of hydrogen-bond donors (Lipinski definition) is 1. The normalized spacial score (nSPS) is 16.5. The molecule has 1 fully saturated rings. The van der Waals surface area contributed by atoms with Gasteiger partial charge in [0.2, 0.25) is 0 Å². The van der Waals surface area contributed by atoms with E-state index in [1.54, 1.807) is 6.08 Å². The van der Waals surface area contributed by atoms with Crippen molar-refractivity contribution in [1.82, 2.24) is 14.8 Å². The van der Waals surface area contributed by atoms with Crippen LogP contribution in [0.1, 0.15) is 17.0 Å². The van der Waals surface area contributed by atoms with Crippen LogP contribution in [0.2, 0.25) is 0 Å². The fourth-order valence-electron chi connectivity index (χ4n) is 2.41. The third-order valence-corrected chi connectivity index (χ3v) is 3.85. The van der Waals surface area contributed by atoms with Crippen molar-refractivity contribution in [3.05, 3.63) is 65.1 Å². The van der Waals surface area contributed by atoms with Gasteiger partial charge in [-0.15, -0.1) is 0 Å². The minimum absolute atomic E-state index is 0.273. The van der Waals surface area contributed by atoms with Gasteiger partial charge in [0, 0.05) is 18.4 Å². The summed E-state index contributed by atoms with van der Waals surface area (Å²) < 4.78 is 1.96. The molecule has 0 spiro atoms. The first-order valence-corrected chi connectivity index (χ1v) is 7.07. The Morgan fingerprint density at radius 1 is 1.09 bits per heavy atom. The number of nitrogens with zero attached hydrogens (tertiary/aromatic N) is 2. The maximum absolute atomic E-state index is 12.4. The van der Waals surface area contributed by atoms with E-state index >= 15 is 0 Å². The van der Waals surface area contributed by atoms with Crippen LogP contribution < -0.4 is 5.32 Å². The van der Waals surface area contributed by atoms with Crippen molar-refractivity contribution in [2.75, 3.05) is 0 Å². The van der Waals surface area contributed by atoms with Gasteiger partial charge in [-0.05, 0) is 30.7 Å². The molecule has 22 heavy (non-hydrogen) atoms. The molecule has 5 nitrogen and oxygen atoms in total. The quantitative estimate of drug-likeness (QED) is 0.698. The van der Waals surface area contributed by atoms with Crippen LogP contribution in [0.15, 0.2) is 48.2 Å². The molecule has 0 radical (unpaired) electrons. The van der Waals surface area contributed by atoms with Gasteiger partial charge in [-0.2, -0.15) is 0 Å². The van der Waals surface area contributed by atoms with E-state index in [1.165, 1.54) is 4.90 Å². The van der Waals surface area contributed by atoms with E-state index < -0.39 is 0 Å². The number of benzene rings is 1. The Bertz CT molecular complexity index is 759. The Kier molecular flexibility index (Phi) is 3.55. The summed E-state index contributed by atoms with van der Waals surface area (Å²) in [5.74, 6) is -0.298. The van der Waals surface area contributed by atoms with Crippen molar-refractivity contribution in [1.29, 1.82) is 0 Å². The van der Waals surface area contributed by atoms with Gasteiger partial charge in [0.25, 0.3) is 5.91 Å². The second kappa shape index (κ2) is 5.52. The van der Waals surface area contributed by atoms with E-state index in [4.69, 9.17) is 0 Å². The zero-order valence-electron chi connectivity index (χ0n) is 12.5. The molecule has 1 aromatic heterocycles. The lowest BCUT2D eigenvalue weighted by atomic mass is 10.2. The molecular formula is C17H17N3O2. The highest BCUT2D eigenvalue weighted by Gasteiger charge is 2.33. The number of imide groups is 1. The summed E-state index contributed by atoms with van der Waals surface area (Å²) in [4.78, 5) is 25.7. The van der Waals surface area contributed by atoms with Gasteiger partial charge in [-0.1, -0.05) is 30.3 Å². The first kappa shape index (κ1) is 14.1. The number of hydrogen-bond acceptors (Lipinski definition) is 2. The molecule has 0 saturated carbocycles. The topological polar surface area (TPSA) is 54.3 Å². The predicted octanol–water partition coefficient (Wildman–Crippen LogP) is 2.43. The number of aromatic nitrogens is 1. The summed E-state index contributed by atoms with van der Waals surface area (Å²) in [7, 11) is 1.92. The summed E-state index contributed by atoms with van der Waals surface area (Å²) in [6, 6.07) is 13.0. The van der Waals surface area contributed by atoms with Crippen LogP contribution in [0.4, 0.5) is 4.79 Å². The molecule has 2 aromatic rings. The maximum atomic E-state index is 12.4. The fourth-order valence-corrected chi connectivity index (χ4v) is 2.41. The largest absolute Gasteiger partial charge is 0.348 e. The Morgan fingerprint density at radius 3 is 2.45 bits per heavy atom. The van der Waals surface area contributed by atoms with Crippen molar-refractivity contribution in [3.63, 3.8) is 0 Å². The van der Waals surface area contributed by atoms with Crippen molar-refractivity contribution in [2.24, 2.45) is 7.05 Å². The summed E-state index contributed by atoms with van der Waals surface area (Å²) in [5.41, 5.74) is 3.19. The molecule has 0 atom stereocenters. The fraction of sp³-hybridized carbons (Fsp3) is 0.176. The molecule has 1 saturated heterocycles. The highest BCUT2D eigenvalue weighted by molar-refractivity contribution is 6.13. The van der Waals surface area contributed by atoms with Crippen LogP contribution in [0.3, 0.4) is 0 Å². The molecule has 5 heteroatoms. The van der Waals surface area contributed by atoms with Crippen LogP contribution in [0, 0.1) is 6.92 Å². The summed E-state index contributed by atoms with van der Waals surface area (Å²) in [6.07, 6.45) is 1.71. The van der Waals surface area contributed by atoms with E-state index in [9.17, 15) is 9.59 Å². The van der Waals surface area contributed by atoms with Gasteiger partial charge in [0.1, 0.15) is 5.70 Å². The van der Waals surface area contributed by atoms with Crippen LogP contribution in [-0.2, 0) is 18.4 Å². The number of nitrogens with one attached hydrogen (secondary N) is 1. The molecule has 0 aliphatic carbocycles. The summed E-state index contributed by atoms with van der Waals surface area (Å²) >= 11 is 0. The maximum Gasteiger partial charge on any atom is 0.329 e. The minimum atomic E-state index is -0.383. The molecule has 3 amide bonds. The summed E-state index contributed by atoms with van der Waals surface area (Å²) in [6.45, 7) is 2.26. The number of amides is 3. The SMILES string of the molecule is Cc1ccc(/C=C2\NC(=O)N(Cc3ccccc3)C2=O)n1C. The Morgan fingerprint density at radius 2 is 1.82 bits per heavy atom. The molecule has 2 heterocycles. The van der Waals surface area contributed by atoms with Gasteiger partial charge in [0.15, 0.2) is 0 Å². The third-order valence-electron chi connectivity index (χ3n) is 3.85. The second-order valence-corrected chi connectivity index (χ2v) is 5.32. The first-order valence-electron chi connectivity index (χ1n) is 7.07. The Labute approximate surface area is 128 Å². The second-order valence-electron chi connectivity index (χ2n) is 5.32. The van der Waals surface area contributed by atoms with E-state index in [0.717, 1.165) is 17.0 Å². The van der Waals surface area contributed by atoms with Crippen molar-refractivity contribution >= 4 is 18.0 Å². The Balaban J connectivity index is 1.84.